The molecule has 0 aromatic heterocycles. The van der Waals surface area contributed by atoms with Gasteiger partial charge in [-0.2, -0.15) is 0 Å². The molecular weight excluding hydrogens is 252 g/mol. The lowest BCUT2D eigenvalue weighted by atomic mass is 9.89. The molecule has 2 unspecified atom stereocenters. The van der Waals surface area contributed by atoms with E-state index in [9.17, 15) is 9.90 Å². The first kappa shape index (κ1) is 14.9. The number of likely N-dealkylation sites (tertiary alicyclic amines) is 1. The molecule has 0 bridgehead atoms. The number of aryl methyl sites for hydroxylation is 1. The van der Waals surface area contributed by atoms with Crippen molar-refractivity contribution in [3.8, 4) is 5.75 Å². The highest BCUT2D eigenvalue weighted by Gasteiger charge is 2.30. The van der Waals surface area contributed by atoms with E-state index >= 15 is 0 Å². The summed E-state index contributed by atoms with van der Waals surface area (Å²) in [6.07, 6.45) is 2.02. The zero-order valence-corrected chi connectivity index (χ0v) is 12.5. The van der Waals surface area contributed by atoms with Gasteiger partial charge in [-0.15, -0.1) is 0 Å². The lowest BCUT2D eigenvalue weighted by molar-refractivity contribution is 0.0628. The highest BCUT2D eigenvalue weighted by Crippen LogP contribution is 2.25. The first-order valence-electron chi connectivity index (χ1n) is 7.33. The number of benzene rings is 1. The molecule has 110 valence electrons. The van der Waals surface area contributed by atoms with E-state index in [1.165, 1.54) is 0 Å². The van der Waals surface area contributed by atoms with Crippen molar-refractivity contribution in [1.29, 1.82) is 0 Å². The van der Waals surface area contributed by atoms with Crippen LogP contribution in [-0.2, 0) is 0 Å². The summed E-state index contributed by atoms with van der Waals surface area (Å²) in [7, 11) is 1.98. The van der Waals surface area contributed by atoms with Crippen molar-refractivity contribution in [3.05, 3.63) is 29.3 Å². The molecule has 2 N–H and O–H groups in total. The first-order valence-corrected chi connectivity index (χ1v) is 7.33. The number of phenolic OH excluding ortho intramolecular Hbond substituents is 1. The zero-order chi connectivity index (χ0) is 14.7. The van der Waals surface area contributed by atoms with Crippen LogP contribution in [0.1, 0.15) is 35.7 Å². The van der Waals surface area contributed by atoms with Gasteiger partial charge in [0.2, 0.25) is 0 Å². The maximum atomic E-state index is 12.6. The molecule has 1 aliphatic heterocycles. The maximum Gasteiger partial charge on any atom is 0.257 e. The Labute approximate surface area is 120 Å². The van der Waals surface area contributed by atoms with Crippen molar-refractivity contribution >= 4 is 5.91 Å². The third-order valence-electron chi connectivity index (χ3n) is 4.30. The molecule has 1 fully saturated rings. The maximum absolute atomic E-state index is 12.6. The molecule has 1 heterocycles. The fourth-order valence-corrected chi connectivity index (χ4v) is 3.00. The van der Waals surface area contributed by atoms with Gasteiger partial charge in [-0.25, -0.2) is 0 Å². The second-order valence-corrected chi connectivity index (χ2v) is 5.62. The number of nitrogens with zero attached hydrogens (tertiary/aromatic N) is 1. The molecular formula is C16H24N2O2. The molecule has 20 heavy (non-hydrogen) atoms. The van der Waals surface area contributed by atoms with Gasteiger partial charge in [-0.1, -0.05) is 25.0 Å². The predicted molar refractivity (Wildman–Crippen MR) is 80.0 cm³/mol. The topological polar surface area (TPSA) is 52.6 Å². The number of aromatic hydroxyl groups is 1. The Morgan fingerprint density at radius 3 is 2.90 bits per heavy atom. The summed E-state index contributed by atoms with van der Waals surface area (Å²) < 4.78 is 0. The van der Waals surface area contributed by atoms with Crippen LogP contribution >= 0.6 is 0 Å². The van der Waals surface area contributed by atoms with E-state index in [0.717, 1.165) is 31.5 Å². The zero-order valence-electron chi connectivity index (χ0n) is 12.5. The summed E-state index contributed by atoms with van der Waals surface area (Å²) in [5.41, 5.74) is 1.41. The Bertz CT molecular complexity index is 487. The van der Waals surface area contributed by atoms with Crippen LogP contribution in [0.5, 0.6) is 5.75 Å². The molecule has 0 saturated carbocycles. The molecule has 0 aliphatic carbocycles. The van der Waals surface area contributed by atoms with E-state index in [0.29, 0.717) is 17.5 Å². The highest BCUT2D eigenvalue weighted by molar-refractivity contribution is 5.97. The summed E-state index contributed by atoms with van der Waals surface area (Å²) in [5.74, 6) is 0.494. The third-order valence-corrected chi connectivity index (χ3v) is 4.30. The van der Waals surface area contributed by atoms with Gasteiger partial charge < -0.3 is 15.3 Å². The number of carbonyl (C=O) groups is 1. The van der Waals surface area contributed by atoms with Crippen LogP contribution in [0.25, 0.3) is 0 Å². The summed E-state index contributed by atoms with van der Waals surface area (Å²) in [6.45, 7) is 5.59. The van der Waals surface area contributed by atoms with Gasteiger partial charge in [0.05, 0.1) is 5.56 Å². The number of carbonyl (C=O) groups excluding carboxylic acids is 1. The number of hydrogen-bond donors (Lipinski definition) is 2. The van der Waals surface area contributed by atoms with Gasteiger partial charge in [0.25, 0.3) is 5.91 Å². The fourth-order valence-electron chi connectivity index (χ4n) is 3.00. The van der Waals surface area contributed by atoms with E-state index in [1.54, 1.807) is 12.1 Å². The molecule has 1 amide bonds. The normalized spacial score (nSPS) is 22.9. The number of rotatable bonds is 3. The molecule has 0 radical (unpaired) electrons. The molecule has 4 heteroatoms. The van der Waals surface area contributed by atoms with Gasteiger partial charge >= 0.3 is 0 Å². The highest BCUT2D eigenvalue weighted by atomic mass is 16.3. The number of piperidine rings is 1. The quantitative estimate of drug-likeness (QED) is 0.889. The molecule has 1 aromatic carbocycles. The molecule has 1 saturated heterocycles. The van der Waals surface area contributed by atoms with E-state index in [1.807, 2.05) is 24.9 Å². The Balaban J connectivity index is 2.15. The summed E-state index contributed by atoms with van der Waals surface area (Å²) in [5, 5.41) is 13.2. The monoisotopic (exact) mass is 276 g/mol. The van der Waals surface area contributed by atoms with Crippen LogP contribution in [0, 0.1) is 12.8 Å². The Hall–Kier alpha value is -1.55. The predicted octanol–water partition coefficient (Wildman–Crippen LogP) is 2.16. The Morgan fingerprint density at radius 1 is 1.50 bits per heavy atom. The van der Waals surface area contributed by atoms with Crippen molar-refractivity contribution in [2.45, 2.75) is 32.7 Å². The summed E-state index contributed by atoms with van der Waals surface area (Å²) in [4.78, 5) is 14.4. The second kappa shape index (κ2) is 6.27. The fraction of sp³-hybridized carbons (Fsp3) is 0.562. The smallest absolute Gasteiger partial charge is 0.257 e. The SMILES string of the molecule is CCC1CN(C(=O)c2cc(C)ccc2O)CCC1NC. The third kappa shape index (κ3) is 2.96. The largest absolute Gasteiger partial charge is 0.507 e. The average Bonchev–Trinajstić information content (AvgIpc) is 2.48. The second-order valence-electron chi connectivity index (χ2n) is 5.62. The van der Waals surface area contributed by atoms with Crippen LogP contribution in [-0.4, -0.2) is 42.1 Å². The van der Waals surface area contributed by atoms with Crippen LogP contribution in [0.3, 0.4) is 0 Å². The average molecular weight is 276 g/mol. The molecule has 1 aromatic rings. The van der Waals surface area contributed by atoms with Gasteiger partial charge in [0, 0.05) is 19.1 Å². The minimum atomic E-state index is -0.0563. The van der Waals surface area contributed by atoms with Crippen molar-refractivity contribution < 1.29 is 9.90 Å². The van der Waals surface area contributed by atoms with Crippen LogP contribution in [0.2, 0.25) is 0 Å². The van der Waals surface area contributed by atoms with E-state index in [2.05, 4.69) is 12.2 Å². The molecule has 4 nitrogen and oxygen atoms in total. The number of hydrogen-bond acceptors (Lipinski definition) is 3. The summed E-state index contributed by atoms with van der Waals surface area (Å²) >= 11 is 0. The Morgan fingerprint density at radius 2 is 2.25 bits per heavy atom. The lowest BCUT2D eigenvalue weighted by Gasteiger charge is -2.38. The lowest BCUT2D eigenvalue weighted by Crippen LogP contribution is -2.50. The minimum Gasteiger partial charge on any atom is -0.507 e. The standard InChI is InChI=1S/C16H24N2O2/c1-4-12-10-18(8-7-14(12)17-3)16(20)13-9-11(2)5-6-15(13)19/h5-6,9,12,14,17,19H,4,7-8,10H2,1-3H3. The van der Waals surface area contributed by atoms with Crippen molar-refractivity contribution in [3.63, 3.8) is 0 Å². The minimum absolute atomic E-state index is 0.0563. The van der Waals surface area contributed by atoms with Crippen LogP contribution in [0.4, 0.5) is 0 Å². The van der Waals surface area contributed by atoms with Gasteiger partial charge in [0.1, 0.15) is 5.75 Å². The number of amides is 1. The van der Waals surface area contributed by atoms with Crippen LogP contribution < -0.4 is 5.32 Å². The van der Waals surface area contributed by atoms with Gasteiger partial charge in [-0.05, 0) is 38.4 Å². The van der Waals surface area contributed by atoms with E-state index in [-0.39, 0.29) is 11.7 Å². The van der Waals surface area contributed by atoms with Crippen molar-refractivity contribution in [1.82, 2.24) is 10.2 Å². The van der Waals surface area contributed by atoms with Crippen LogP contribution in [0.15, 0.2) is 18.2 Å². The van der Waals surface area contributed by atoms with Gasteiger partial charge in [-0.3, -0.25) is 4.79 Å². The summed E-state index contributed by atoms with van der Waals surface area (Å²) in [6, 6.07) is 5.66. The van der Waals surface area contributed by atoms with Gasteiger partial charge in [0.15, 0.2) is 0 Å². The first-order chi connectivity index (χ1) is 9.56. The Kier molecular flexibility index (Phi) is 4.65. The molecule has 1 aliphatic rings. The molecule has 2 atom stereocenters. The molecule has 2 rings (SSSR count). The van der Waals surface area contributed by atoms with E-state index in [4.69, 9.17) is 0 Å². The van der Waals surface area contributed by atoms with E-state index < -0.39 is 0 Å². The number of nitrogens with one attached hydrogen (secondary N) is 1. The van der Waals surface area contributed by atoms with Crippen molar-refractivity contribution in [2.75, 3.05) is 20.1 Å². The van der Waals surface area contributed by atoms with Crippen molar-refractivity contribution in [2.24, 2.45) is 5.92 Å². The number of phenols is 1. The molecule has 0 spiro atoms.